The first-order chi connectivity index (χ1) is 18.7. The minimum atomic E-state index is -0.986. The van der Waals surface area contributed by atoms with Gasteiger partial charge in [-0.05, 0) is 51.0 Å². The van der Waals surface area contributed by atoms with Crippen LogP contribution in [0.5, 0.6) is 11.5 Å². The lowest BCUT2D eigenvalue weighted by molar-refractivity contribution is -0.142. The Morgan fingerprint density at radius 2 is 1.67 bits per heavy atom. The number of aromatic nitrogens is 3. The third-order valence-corrected chi connectivity index (χ3v) is 6.30. The third kappa shape index (κ3) is 6.54. The van der Waals surface area contributed by atoms with Crippen molar-refractivity contribution in [2.45, 2.75) is 45.3 Å². The molecule has 3 aromatic carbocycles. The van der Waals surface area contributed by atoms with Crippen LogP contribution < -0.4 is 14.8 Å². The number of fused-ring (bicyclic) bond motifs is 1. The number of rotatable bonds is 10. The molecule has 0 radical (unpaired) electrons. The Morgan fingerprint density at radius 1 is 0.949 bits per heavy atom. The molecule has 4 rings (SSSR count). The summed E-state index contributed by atoms with van der Waals surface area (Å²) < 4.78 is 12.8. The molecular weight excluding hydrogens is 494 g/mol. The van der Waals surface area contributed by atoms with Gasteiger partial charge in [0.15, 0.2) is 11.5 Å². The highest BCUT2D eigenvalue weighted by Gasteiger charge is 2.36. The Balaban J connectivity index is 1.80. The Kier molecular flexibility index (Phi) is 8.49. The molecule has 0 aliphatic rings. The predicted octanol–water partition coefficient (Wildman–Crippen LogP) is 4.18. The standard InChI is InChI=1S/C30H35N5O4/c1-30(2,3)31-29(37)27(22-14-11-17-25(38-4)28(22)39-5)34(19-18-21-12-7-6-8-13-21)26(36)20-35-24-16-10-9-15-23(24)32-33-35/h6-17,27H,18-20H2,1-5H3,(H,31,37)/t27-/m1/s1. The topological polar surface area (TPSA) is 98.6 Å². The number of hydrogen-bond acceptors (Lipinski definition) is 6. The maximum atomic E-state index is 14.1. The van der Waals surface area contributed by atoms with E-state index < -0.39 is 11.6 Å². The number of nitrogens with one attached hydrogen (secondary N) is 1. The molecule has 0 fully saturated rings. The highest BCUT2D eigenvalue weighted by atomic mass is 16.5. The van der Waals surface area contributed by atoms with Crippen molar-refractivity contribution in [1.82, 2.24) is 25.2 Å². The first-order valence-electron chi connectivity index (χ1n) is 12.9. The van der Waals surface area contributed by atoms with Gasteiger partial charge in [0.1, 0.15) is 18.1 Å². The Hall–Kier alpha value is -4.40. The van der Waals surface area contributed by atoms with Gasteiger partial charge < -0.3 is 19.7 Å². The number of hydrogen-bond donors (Lipinski definition) is 1. The van der Waals surface area contributed by atoms with Crippen LogP contribution in [0, 0.1) is 0 Å². The maximum Gasteiger partial charge on any atom is 0.247 e. The fraction of sp³-hybridized carbons (Fsp3) is 0.333. The molecule has 0 bridgehead atoms. The van der Waals surface area contributed by atoms with Gasteiger partial charge in [0.2, 0.25) is 11.8 Å². The molecule has 39 heavy (non-hydrogen) atoms. The highest BCUT2D eigenvalue weighted by Crippen LogP contribution is 2.37. The summed E-state index contributed by atoms with van der Waals surface area (Å²) in [5, 5.41) is 11.5. The van der Waals surface area contributed by atoms with Crippen LogP contribution in [0.2, 0.25) is 0 Å². The zero-order valence-electron chi connectivity index (χ0n) is 23.0. The Morgan fingerprint density at radius 3 is 2.36 bits per heavy atom. The summed E-state index contributed by atoms with van der Waals surface area (Å²) in [5.41, 5.74) is 2.48. The Labute approximate surface area is 228 Å². The van der Waals surface area contributed by atoms with Crippen molar-refractivity contribution < 1.29 is 19.1 Å². The SMILES string of the molecule is COc1cccc([C@H](C(=O)NC(C)(C)C)N(CCc2ccccc2)C(=O)Cn2nnc3ccccc32)c1OC. The van der Waals surface area contributed by atoms with E-state index in [4.69, 9.17) is 9.47 Å². The van der Waals surface area contributed by atoms with Crippen molar-refractivity contribution in [3.05, 3.63) is 83.9 Å². The van der Waals surface area contributed by atoms with E-state index in [1.807, 2.05) is 75.4 Å². The number of ether oxygens (including phenoxy) is 2. The second kappa shape index (κ2) is 12.0. The number of benzene rings is 3. The van der Waals surface area contributed by atoms with Gasteiger partial charge in [-0.3, -0.25) is 9.59 Å². The van der Waals surface area contributed by atoms with Gasteiger partial charge in [0.05, 0.1) is 19.7 Å². The summed E-state index contributed by atoms with van der Waals surface area (Å²) in [6.45, 7) is 5.92. The first-order valence-corrected chi connectivity index (χ1v) is 12.9. The summed E-state index contributed by atoms with van der Waals surface area (Å²) in [5.74, 6) is 0.276. The molecule has 9 nitrogen and oxygen atoms in total. The van der Waals surface area contributed by atoms with Crippen LogP contribution in [0.1, 0.15) is 37.9 Å². The van der Waals surface area contributed by atoms with Gasteiger partial charge in [-0.25, -0.2) is 4.68 Å². The second-order valence-corrected chi connectivity index (χ2v) is 10.3. The summed E-state index contributed by atoms with van der Waals surface area (Å²) in [7, 11) is 3.07. The fourth-order valence-corrected chi connectivity index (χ4v) is 4.56. The van der Waals surface area contributed by atoms with Gasteiger partial charge in [0, 0.05) is 17.6 Å². The first kappa shape index (κ1) is 27.6. The van der Waals surface area contributed by atoms with Crippen LogP contribution in [0.4, 0.5) is 0 Å². The summed E-state index contributed by atoms with van der Waals surface area (Å²) >= 11 is 0. The number of carbonyl (C=O) groups is 2. The van der Waals surface area contributed by atoms with Crippen LogP contribution >= 0.6 is 0 Å². The average Bonchev–Trinajstić information content (AvgIpc) is 3.32. The molecule has 1 atom stereocenters. The van der Waals surface area contributed by atoms with Crippen molar-refractivity contribution in [2.24, 2.45) is 0 Å². The lowest BCUT2D eigenvalue weighted by Gasteiger charge is -2.34. The number of para-hydroxylation sites is 2. The van der Waals surface area contributed by atoms with Crippen LogP contribution in [0.25, 0.3) is 11.0 Å². The van der Waals surface area contributed by atoms with Crippen LogP contribution in [0.3, 0.4) is 0 Å². The summed E-state index contributed by atoms with van der Waals surface area (Å²) in [6.07, 6.45) is 0.552. The molecule has 1 aromatic heterocycles. The minimum absolute atomic E-state index is 0.0825. The normalized spacial score (nSPS) is 12.1. The van der Waals surface area contributed by atoms with E-state index in [0.29, 0.717) is 29.0 Å². The van der Waals surface area contributed by atoms with E-state index in [1.165, 1.54) is 7.11 Å². The largest absolute Gasteiger partial charge is 0.493 e. The second-order valence-electron chi connectivity index (χ2n) is 10.3. The monoisotopic (exact) mass is 529 g/mol. The number of methoxy groups -OCH3 is 2. The summed E-state index contributed by atoms with van der Waals surface area (Å²) in [4.78, 5) is 29.7. The molecule has 9 heteroatoms. The Bertz CT molecular complexity index is 1430. The number of nitrogens with zero attached hydrogens (tertiary/aromatic N) is 4. The quantitative estimate of drug-likeness (QED) is 0.331. The van der Waals surface area contributed by atoms with Crippen LogP contribution in [0.15, 0.2) is 72.8 Å². The molecule has 0 aliphatic heterocycles. The zero-order valence-corrected chi connectivity index (χ0v) is 23.0. The number of carbonyl (C=O) groups excluding carboxylic acids is 2. The minimum Gasteiger partial charge on any atom is -0.493 e. The van der Waals surface area contributed by atoms with Gasteiger partial charge >= 0.3 is 0 Å². The van der Waals surface area contributed by atoms with Crippen LogP contribution in [-0.4, -0.2) is 58.0 Å². The maximum absolute atomic E-state index is 14.1. The van der Waals surface area contributed by atoms with Gasteiger partial charge in [0.25, 0.3) is 0 Å². The third-order valence-electron chi connectivity index (χ3n) is 6.30. The molecule has 0 spiro atoms. The van der Waals surface area contributed by atoms with Crippen molar-refractivity contribution in [1.29, 1.82) is 0 Å². The van der Waals surface area contributed by atoms with Gasteiger partial charge in [-0.15, -0.1) is 5.10 Å². The molecule has 2 amide bonds. The average molecular weight is 530 g/mol. The summed E-state index contributed by atoms with van der Waals surface area (Å²) in [6, 6.07) is 21.7. The van der Waals surface area contributed by atoms with Gasteiger partial charge in [-0.2, -0.15) is 0 Å². The van der Waals surface area contributed by atoms with Crippen molar-refractivity contribution in [2.75, 3.05) is 20.8 Å². The van der Waals surface area contributed by atoms with Crippen LogP contribution in [-0.2, 0) is 22.6 Å². The van der Waals surface area contributed by atoms with Gasteiger partial charge in [-0.1, -0.05) is 59.8 Å². The van der Waals surface area contributed by atoms with E-state index in [1.54, 1.807) is 34.9 Å². The zero-order chi connectivity index (χ0) is 28.0. The number of amides is 2. The lowest BCUT2D eigenvalue weighted by atomic mass is 9.99. The fourth-order valence-electron chi connectivity index (χ4n) is 4.56. The van der Waals surface area contributed by atoms with E-state index in [9.17, 15) is 9.59 Å². The molecule has 1 N–H and O–H groups in total. The smallest absolute Gasteiger partial charge is 0.247 e. The van der Waals surface area contributed by atoms with Crippen molar-refractivity contribution in [3.8, 4) is 11.5 Å². The van der Waals surface area contributed by atoms with E-state index >= 15 is 0 Å². The molecule has 0 aliphatic carbocycles. The highest BCUT2D eigenvalue weighted by molar-refractivity contribution is 5.90. The van der Waals surface area contributed by atoms with E-state index in [-0.39, 0.29) is 24.9 Å². The van der Waals surface area contributed by atoms with E-state index in [0.717, 1.165) is 11.1 Å². The molecule has 4 aromatic rings. The lowest BCUT2D eigenvalue weighted by Crippen LogP contribution is -2.50. The molecule has 1 heterocycles. The van der Waals surface area contributed by atoms with E-state index in [2.05, 4.69) is 15.6 Å². The molecule has 0 saturated heterocycles. The molecule has 0 unspecified atom stereocenters. The molecular formula is C30H35N5O4. The van der Waals surface area contributed by atoms with Crippen molar-refractivity contribution >= 4 is 22.8 Å². The molecule has 204 valence electrons. The molecule has 0 saturated carbocycles. The predicted molar refractivity (Wildman–Crippen MR) is 150 cm³/mol. The van der Waals surface area contributed by atoms with Crippen molar-refractivity contribution in [3.63, 3.8) is 0 Å².